The zero-order chi connectivity index (χ0) is 23.3. The number of carbonyl (C=O) groups excluding carboxylic acids is 1. The fourth-order valence-corrected chi connectivity index (χ4v) is 3.44. The van der Waals surface area contributed by atoms with E-state index in [0.29, 0.717) is 6.54 Å². The van der Waals surface area contributed by atoms with Crippen LogP contribution in [-0.2, 0) is 13.0 Å². The average Bonchev–Trinajstić information content (AvgIpc) is 2.90. The number of fused-ring (bicyclic) bond motifs is 1. The lowest BCUT2D eigenvalue weighted by Crippen LogP contribution is -2.14. The van der Waals surface area contributed by atoms with Crippen LogP contribution in [0.4, 0.5) is 0 Å². The molecule has 1 atom stereocenters. The van der Waals surface area contributed by atoms with E-state index >= 15 is 0 Å². The van der Waals surface area contributed by atoms with Crippen LogP contribution < -0.4 is 10.5 Å². The number of carbonyl (C=O) groups is 1. The molecule has 0 aliphatic carbocycles. The molecule has 1 unspecified atom stereocenters. The van der Waals surface area contributed by atoms with E-state index in [1.165, 1.54) is 11.1 Å². The molecular formula is C29H29NO3. The molecule has 0 aromatic heterocycles. The second-order valence-electron chi connectivity index (χ2n) is 7.52. The standard InChI is InChI=1S/C15H14O.C7H9NO.C7H6O/c1-2-6-12(7-3-1)15-11-10-13-8-4-5-9-14(13)16-15;8-5-6-3-1-2-4-7(6)9;8-6-7-4-2-1-3-5-7/h1-9,15H,10-11H2;1-4,9H,5,8H2;1-6H. The summed E-state index contributed by atoms with van der Waals surface area (Å²) in [6.07, 6.45) is 3.23. The molecule has 0 saturated carbocycles. The minimum absolute atomic E-state index is 0.219. The Morgan fingerprint density at radius 2 is 1.42 bits per heavy atom. The highest BCUT2D eigenvalue weighted by molar-refractivity contribution is 5.74. The van der Waals surface area contributed by atoms with Gasteiger partial charge in [0.25, 0.3) is 0 Å². The number of rotatable bonds is 3. The Labute approximate surface area is 195 Å². The van der Waals surface area contributed by atoms with Gasteiger partial charge in [-0.2, -0.15) is 0 Å². The third-order valence-electron chi connectivity index (χ3n) is 5.24. The fourth-order valence-electron chi connectivity index (χ4n) is 3.44. The van der Waals surface area contributed by atoms with Gasteiger partial charge in [-0.15, -0.1) is 0 Å². The number of aromatic hydroxyl groups is 1. The van der Waals surface area contributed by atoms with E-state index in [2.05, 4.69) is 42.5 Å². The molecule has 4 heteroatoms. The molecule has 4 aromatic rings. The van der Waals surface area contributed by atoms with E-state index < -0.39 is 0 Å². The topological polar surface area (TPSA) is 72.5 Å². The average molecular weight is 440 g/mol. The minimum atomic E-state index is 0.219. The molecule has 0 amide bonds. The Morgan fingerprint density at radius 3 is 2.03 bits per heavy atom. The molecule has 168 valence electrons. The van der Waals surface area contributed by atoms with Crippen molar-refractivity contribution in [2.45, 2.75) is 25.5 Å². The Balaban J connectivity index is 0.000000153. The van der Waals surface area contributed by atoms with Gasteiger partial charge in [0, 0.05) is 17.7 Å². The normalized spacial score (nSPS) is 13.7. The lowest BCUT2D eigenvalue weighted by molar-refractivity contribution is 0.112. The van der Waals surface area contributed by atoms with E-state index in [9.17, 15) is 4.79 Å². The van der Waals surface area contributed by atoms with Crippen molar-refractivity contribution in [3.63, 3.8) is 0 Å². The smallest absolute Gasteiger partial charge is 0.150 e. The van der Waals surface area contributed by atoms with Crippen LogP contribution in [0.15, 0.2) is 109 Å². The van der Waals surface area contributed by atoms with Crippen LogP contribution >= 0.6 is 0 Å². The van der Waals surface area contributed by atoms with Gasteiger partial charge in [-0.3, -0.25) is 4.79 Å². The summed E-state index contributed by atoms with van der Waals surface area (Å²) in [5, 5.41) is 9.03. The summed E-state index contributed by atoms with van der Waals surface area (Å²) in [6, 6.07) is 34.9. The van der Waals surface area contributed by atoms with Crippen LogP contribution in [0, 0.1) is 0 Å². The number of hydrogen-bond acceptors (Lipinski definition) is 4. The van der Waals surface area contributed by atoms with Crippen molar-refractivity contribution in [2.75, 3.05) is 0 Å². The highest BCUT2D eigenvalue weighted by Crippen LogP contribution is 2.34. The summed E-state index contributed by atoms with van der Waals surface area (Å²) in [4.78, 5) is 10.0. The summed E-state index contributed by atoms with van der Waals surface area (Å²) in [5.74, 6) is 1.32. The largest absolute Gasteiger partial charge is 0.508 e. The van der Waals surface area contributed by atoms with Gasteiger partial charge in [0.2, 0.25) is 0 Å². The maximum atomic E-state index is 10.0. The zero-order valence-corrected chi connectivity index (χ0v) is 18.5. The molecule has 0 fully saturated rings. The Bertz CT molecular complexity index is 1110. The maximum Gasteiger partial charge on any atom is 0.150 e. The SMILES string of the molecule is NCc1ccccc1O.O=Cc1ccccc1.c1ccc(C2CCc3ccccc3O2)cc1. The van der Waals surface area contributed by atoms with Gasteiger partial charge in [-0.1, -0.05) is 97.1 Å². The first-order chi connectivity index (χ1) is 16.2. The van der Waals surface area contributed by atoms with Crippen LogP contribution in [0.25, 0.3) is 0 Å². The van der Waals surface area contributed by atoms with Gasteiger partial charge in [0.15, 0.2) is 0 Å². The van der Waals surface area contributed by atoms with E-state index in [4.69, 9.17) is 15.6 Å². The van der Waals surface area contributed by atoms with E-state index in [1.807, 2.05) is 36.4 Å². The summed E-state index contributed by atoms with van der Waals surface area (Å²) < 4.78 is 6.02. The predicted octanol–water partition coefficient (Wildman–Crippen LogP) is 6.10. The highest BCUT2D eigenvalue weighted by atomic mass is 16.5. The number of para-hydroxylation sites is 2. The van der Waals surface area contributed by atoms with Gasteiger partial charge < -0.3 is 15.6 Å². The van der Waals surface area contributed by atoms with Crippen LogP contribution in [-0.4, -0.2) is 11.4 Å². The number of phenols is 1. The minimum Gasteiger partial charge on any atom is -0.508 e. The molecule has 5 rings (SSSR count). The van der Waals surface area contributed by atoms with Gasteiger partial charge >= 0.3 is 0 Å². The zero-order valence-electron chi connectivity index (χ0n) is 18.5. The molecule has 0 spiro atoms. The number of benzene rings is 4. The van der Waals surface area contributed by atoms with Crippen LogP contribution in [0.3, 0.4) is 0 Å². The molecule has 1 heterocycles. The predicted molar refractivity (Wildman–Crippen MR) is 132 cm³/mol. The number of aldehydes is 1. The molecule has 0 bridgehead atoms. The van der Waals surface area contributed by atoms with Crippen LogP contribution in [0.5, 0.6) is 11.5 Å². The van der Waals surface area contributed by atoms with Crippen LogP contribution in [0.1, 0.15) is 39.6 Å². The summed E-state index contributed by atoms with van der Waals surface area (Å²) in [6.45, 7) is 0.396. The van der Waals surface area contributed by atoms with Crippen molar-refractivity contribution in [1.29, 1.82) is 0 Å². The monoisotopic (exact) mass is 439 g/mol. The molecule has 4 aromatic carbocycles. The Hall–Kier alpha value is -3.89. The van der Waals surface area contributed by atoms with Crippen molar-refractivity contribution >= 4 is 6.29 Å². The lowest BCUT2D eigenvalue weighted by Gasteiger charge is -2.26. The molecule has 1 aliphatic heterocycles. The lowest BCUT2D eigenvalue weighted by atomic mass is 9.98. The van der Waals surface area contributed by atoms with Crippen LogP contribution in [0.2, 0.25) is 0 Å². The summed E-state index contributed by atoms with van der Waals surface area (Å²) in [5.41, 5.74) is 9.41. The van der Waals surface area contributed by atoms with Crippen molar-refractivity contribution in [3.8, 4) is 11.5 Å². The molecular weight excluding hydrogens is 410 g/mol. The number of nitrogens with two attached hydrogens (primary N) is 1. The second-order valence-corrected chi connectivity index (χ2v) is 7.52. The van der Waals surface area contributed by atoms with Crippen molar-refractivity contribution in [3.05, 3.63) is 131 Å². The van der Waals surface area contributed by atoms with E-state index in [-0.39, 0.29) is 11.9 Å². The molecule has 0 saturated heterocycles. The Kier molecular flexibility index (Phi) is 9.25. The van der Waals surface area contributed by atoms with E-state index in [1.54, 1.807) is 30.3 Å². The van der Waals surface area contributed by atoms with Crippen molar-refractivity contribution in [1.82, 2.24) is 0 Å². The maximum absolute atomic E-state index is 10.0. The first-order valence-corrected chi connectivity index (χ1v) is 11.0. The fraction of sp³-hybridized carbons (Fsp3) is 0.138. The molecule has 1 aliphatic rings. The summed E-state index contributed by atoms with van der Waals surface area (Å²) >= 11 is 0. The number of phenolic OH excluding ortho intramolecular Hbond substituents is 1. The van der Waals surface area contributed by atoms with E-state index in [0.717, 1.165) is 36.0 Å². The molecule has 0 radical (unpaired) electrons. The third kappa shape index (κ3) is 7.34. The Morgan fingerprint density at radius 1 is 0.818 bits per heavy atom. The van der Waals surface area contributed by atoms with Gasteiger partial charge in [0.1, 0.15) is 23.9 Å². The summed E-state index contributed by atoms with van der Waals surface area (Å²) in [7, 11) is 0. The highest BCUT2D eigenvalue weighted by Gasteiger charge is 2.20. The van der Waals surface area contributed by atoms with Gasteiger partial charge in [0.05, 0.1) is 0 Å². The van der Waals surface area contributed by atoms with Gasteiger partial charge in [-0.05, 0) is 36.1 Å². The third-order valence-corrected chi connectivity index (χ3v) is 5.24. The van der Waals surface area contributed by atoms with Gasteiger partial charge in [-0.25, -0.2) is 0 Å². The second kappa shape index (κ2) is 12.8. The first kappa shape index (κ1) is 23.8. The quantitative estimate of drug-likeness (QED) is 0.378. The number of ether oxygens (including phenoxy) is 1. The molecule has 4 nitrogen and oxygen atoms in total. The van der Waals surface area contributed by atoms with Crippen molar-refractivity contribution < 1.29 is 14.6 Å². The number of aryl methyl sites for hydroxylation is 1. The molecule has 3 N–H and O–H groups in total. The first-order valence-electron chi connectivity index (χ1n) is 11.0. The number of hydrogen-bond donors (Lipinski definition) is 2. The van der Waals surface area contributed by atoms with Crippen molar-refractivity contribution in [2.24, 2.45) is 5.73 Å². The molecule has 33 heavy (non-hydrogen) atoms.